The van der Waals surface area contributed by atoms with E-state index in [4.69, 9.17) is 18.6 Å². The van der Waals surface area contributed by atoms with Crippen molar-refractivity contribution in [1.29, 1.82) is 0 Å². The summed E-state index contributed by atoms with van der Waals surface area (Å²) in [5.41, 5.74) is 3.91. The molecular weight excluding hydrogens is 480 g/mol. The molecule has 0 saturated carbocycles. The van der Waals surface area contributed by atoms with Crippen LogP contribution in [0.15, 0.2) is 101 Å². The van der Waals surface area contributed by atoms with E-state index in [1.54, 1.807) is 49.6 Å². The summed E-state index contributed by atoms with van der Waals surface area (Å²) in [7, 11) is 1.56. The van der Waals surface area contributed by atoms with E-state index in [0.29, 0.717) is 33.8 Å². The van der Waals surface area contributed by atoms with Crippen LogP contribution in [-0.2, 0) is 0 Å². The Bertz CT molecular complexity index is 1740. The first-order chi connectivity index (χ1) is 18.5. The number of allylic oxidation sites excluding steroid dienone is 1. The predicted octanol–water partition coefficient (Wildman–Crippen LogP) is 7.25. The summed E-state index contributed by atoms with van der Waals surface area (Å²) in [6, 6.07) is 27.1. The molecule has 0 amide bonds. The monoisotopic (exact) mass is 502 g/mol. The van der Waals surface area contributed by atoms with E-state index in [9.17, 15) is 9.59 Å². The van der Waals surface area contributed by atoms with Crippen molar-refractivity contribution in [1.82, 2.24) is 0 Å². The highest BCUT2D eigenvalue weighted by molar-refractivity contribution is 6.15. The van der Waals surface area contributed by atoms with Crippen LogP contribution in [0.2, 0.25) is 0 Å². The minimum Gasteiger partial charge on any atom is -0.497 e. The molecule has 0 N–H and O–H groups in total. The standard InChI is InChI=1S/C32H22O6/c1-19-7-6-8-20(15-19)16-28-30(33)24-13-11-23(18-27(24)37-28)36-32(34)29-25-17-22(35-2)12-14-26(25)38-31(29)21-9-4-3-5-10-21/h3-18H,1-2H3. The average molecular weight is 503 g/mol. The molecule has 1 aliphatic heterocycles. The molecule has 6 rings (SSSR count). The van der Waals surface area contributed by atoms with Gasteiger partial charge in [-0.15, -0.1) is 0 Å². The largest absolute Gasteiger partial charge is 0.497 e. The molecule has 0 aliphatic carbocycles. The Hall–Kier alpha value is -5.10. The maximum atomic E-state index is 13.5. The molecular formula is C32H22O6. The number of rotatable bonds is 5. The fourth-order valence-corrected chi connectivity index (χ4v) is 4.50. The van der Waals surface area contributed by atoms with Gasteiger partial charge in [0.05, 0.1) is 12.7 Å². The van der Waals surface area contributed by atoms with Crippen molar-refractivity contribution in [3.8, 4) is 28.6 Å². The quantitative estimate of drug-likeness (QED) is 0.143. The molecule has 1 aliphatic rings. The summed E-state index contributed by atoms with van der Waals surface area (Å²) < 4.78 is 23.1. The first kappa shape index (κ1) is 23.3. The summed E-state index contributed by atoms with van der Waals surface area (Å²) in [5, 5.41) is 0.573. The minimum absolute atomic E-state index is 0.216. The molecule has 0 spiro atoms. The van der Waals surface area contributed by atoms with Crippen LogP contribution >= 0.6 is 0 Å². The fraction of sp³-hybridized carbons (Fsp3) is 0.0625. The molecule has 1 aromatic heterocycles. The number of hydrogen-bond donors (Lipinski definition) is 0. The number of hydrogen-bond acceptors (Lipinski definition) is 6. The molecule has 6 nitrogen and oxygen atoms in total. The van der Waals surface area contributed by atoms with Crippen molar-refractivity contribution >= 4 is 28.8 Å². The number of benzene rings is 4. The van der Waals surface area contributed by atoms with E-state index in [1.165, 1.54) is 0 Å². The van der Waals surface area contributed by atoms with Gasteiger partial charge in [0.2, 0.25) is 5.78 Å². The van der Waals surface area contributed by atoms with Crippen LogP contribution in [0, 0.1) is 6.92 Å². The first-order valence-corrected chi connectivity index (χ1v) is 12.0. The van der Waals surface area contributed by atoms with Gasteiger partial charge in [0.15, 0.2) is 5.76 Å². The van der Waals surface area contributed by atoms with Gasteiger partial charge in [0, 0.05) is 17.0 Å². The maximum Gasteiger partial charge on any atom is 0.348 e. The Morgan fingerprint density at radius 3 is 2.47 bits per heavy atom. The number of carbonyl (C=O) groups excluding carboxylic acids is 2. The highest BCUT2D eigenvalue weighted by Crippen LogP contribution is 2.38. The Morgan fingerprint density at radius 2 is 1.68 bits per heavy atom. The molecule has 0 bridgehead atoms. The SMILES string of the molecule is COc1ccc2oc(-c3ccccc3)c(C(=O)Oc3ccc4c(c3)OC(=Cc3cccc(C)c3)C4=O)c2c1. The molecule has 0 atom stereocenters. The van der Waals surface area contributed by atoms with Crippen LogP contribution in [0.25, 0.3) is 28.4 Å². The number of esters is 1. The van der Waals surface area contributed by atoms with Gasteiger partial charge in [0.1, 0.15) is 34.2 Å². The van der Waals surface area contributed by atoms with Crippen molar-refractivity contribution in [2.75, 3.05) is 7.11 Å². The van der Waals surface area contributed by atoms with E-state index in [2.05, 4.69) is 0 Å². The third kappa shape index (κ3) is 4.22. The lowest BCUT2D eigenvalue weighted by Gasteiger charge is -2.07. The third-order valence-electron chi connectivity index (χ3n) is 6.33. The van der Waals surface area contributed by atoms with Gasteiger partial charge in [-0.3, -0.25) is 4.79 Å². The van der Waals surface area contributed by atoms with Crippen LogP contribution in [0.3, 0.4) is 0 Å². The fourth-order valence-electron chi connectivity index (χ4n) is 4.50. The normalized spacial score (nSPS) is 13.4. The third-order valence-corrected chi connectivity index (χ3v) is 6.33. The van der Waals surface area contributed by atoms with Crippen molar-refractivity contribution in [3.05, 3.63) is 119 Å². The molecule has 5 aromatic rings. The number of aryl methyl sites for hydroxylation is 1. The lowest BCUT2D eigenvalue weighted by molar-refractivity contribution is 0.0736. The zero-order chi connectivity index (χ0) is 26.2. The van der Waals surface area contributed by atoms with E-state index in [-0.39, 0.29) is 22.9 Å². The number of ketones is 1. The second-order valence-corrected chi connectivity index (χ2v) is 8.94. The van der Waals surface area contributed by atoms with Crippen LogP contribution in [0.1, 0.15) is 31.8 Å². The van der Waals surface area contributed by atoms with Crippen molar-refractivity contribution in [2.45, 2.75) is 6.92 Å². The van der Waals surface area contributed by atoms with Crippen molar-refractivity contribution in [3.63, 3.8) is 0 Å². The topological polar surface area (TPSA) is 75.0 Å². The molecule has 186 valence electrons. The molecule has 38 heavy (non-hydrogen) atoms. The Balaban J connectivity index is 1.34. The van der Waals surface area contributed by atoms with Crippen molar-refractivity contribution in [2.24, 2.45) is 0 Å². The number of fused-ring (bicyclic) bond motifs is 2. The van der Waals surface area contributed by atoms with Gasteiger partial charge in [-0.2, -0.15) is 0 Å². The summed E-state index contributed by atoms with van der Waals surface area (Å²) >= 11 is 0. The number of carbonyl (C=O) groups is 2. The summed E-state index contributed by atoms with van der Waals surface area (Å²) in [6.45, 7) is 1.98. The lowest BCUT2D eigenvalue weighted by Crippen LogP contribution is -2.09. The summed E-state index contributed by atoms with van der Waals surface area (Å²) in [4.78, 5) is 26.4. The molecule has 0 radical (unpaired) electrons. The summed E-state index contributed by atoms with van der Waals surface area (Å²) in [5.74, 6) is 0.956. The second-order valence-electron chi connectivity index (χ2n) is 8.94. The second kappa shape index (κ2) is 9.41. The van der Waals surface area contributed by atoms with Crippen LogP contribution in [-0.4, -0.2) is 18.9 Å². The average Bonchev–Trinajstić information content (AvgIpc) is 3.46. The van der Waals surface area contributed by atoms with Gasteiger partial charge >= 0.3 is 5.97 Å². The molecule has 2 heterocycles. The Morgan fingerprint density at radius 1 is 0.868 bits per heavy atom. The molecule has 0 fully saturated rings. The Labute approximate surface area is 218 Å². The molecule has 6 heteroatoms. The highest BCUT2D eigenvalue weighted by Gasteiger charge is 2.29. The molecule has 0 unspecified atom stereocenters. The Kier molecular flexibility index (Phi) is 5.77. The number of furan rings is 1. The van der Waals surface area contributed by atoms with E-state index < -0.39 is 5.97 Å². The van der Waals surface area contributed by atoms with Crippen LogP contribution in [0.5, 0.6) is 17.2 Å². The highest BCUT2D eigenvalue weighted by atomic mass is 16.5. The summed E-state index contributed by atoms with van der Waals surface area (Å²) in [6.07, 6.45) is 1.71. The van der Waals surface area contributed by atoms with Crippen LogP contribution in [0.4, 0.5) is 0 Å². The first-order valence-electron chi connectivity index (χ1n) is 12.0. The zero-order valence-electron chi connectivity index (χ0n) is 20.7. The lowest BCUT2D eigenvalue weighted by atomic mass is 10.1. The number of ether oxygens (including phenoxy) is 3. The van der Waals surface area contributed by atoms with Crippen molar-refractivity contribution < 1.29 is 28.2 Å². The van der Waals surface area contributed by atoms with Gasteiger partial charge in [0.25, 0.3) is 0 Å². The van der Waals surface area contributed by atoms with Crippen LogP contribution < -0.4 is 14.2 Å². The molecule has 0 saturated heterocycles. The minimum atomic E-state index is -0.601. The smallest absolute Gasteiger partial charge is 0.348 e. The van der Waals surface area contributed by atoms with Gasteiger partial charge in [-0.25, -0.2) is 4.79 Å². The number of methoxy groups -OCH3 is 1. The van der Waals surface area contributed by atoms with Gasteiger partial charge in [-0.05, 0) is 48.9 Å². The number of Topliss-reactive ketones (excluding diaryl/α,β-unsaturated/α-hetero) is 1. The predicted molar refractivity (Wildman–Crippen MR) is 144 cm³/mol. The van der Waals surface area contributed by atoms with E-state index >= 15 is 0 Å². The van der Waals surface area contributed by atoms with E-state index in [0.717, 1.165) is 16.7 Å². The maximum absolute atomic E-state index is 13.5. The van der Waals surface area contributed by atoms with E-state index in [1.807, 2.05) is 61.5 Å². The van der Waals surface area contributed by atoms with Gasteiger partial charge in [-0.1, -0.05) is 60.2 Å². The van der Waals surface area contributed by atoms with Gasteiger partial charge < -0.3 is 18.6 Å². The molecule has 4 aromatic carbocycles. The zero-order valence-corrected chi connectivity index (χ0v) is 20.7.